The first-order valence-corrected chi connectivity index (χ1v) is 12.1. The van der Waals surface area contributed by atoms with E-state index in [1.165, 1.54) is 35.1 Å². The molecule has 0 aliphatic carbocycles. The molecular weight excluding hydrogens is 500 g/mol. The number of esters is 1. The first-order chi connectivity index (χ1) is 16.9. The second kappa shape index (κ2) is 10.8. The van der Waals surface area contributed by atoms with Gasteiger partial charge in [-0.15, -0.1) is 11.3 Å². The number of ether oxygens (including phenoxy) is 1. The van der Waals surface area contributed by atoms with Crippen LogP contribution in [0.15, 0.2) is 52.9 Å². The molecule has 0 fully saturated rings. The van der Waals surface area contributed by atoms with Crippen LogP contribution in [0, 0.1) is 10.1 Å². The van der Waals surface area contributed by atoms with Crippen LogP contribution < -0.4 is 10.7 Å². The van der Waals surface area contributed by atoms with Crippen LogP contribution in [0.25, 0.3) is 10.4 Å². The lowest BCUT2D eigenvalue weighted by Crippen LogP contribution is -2.25. The fraction of sp³-hybridized carbons (Fsp3) is 0.240. The molecule has 0 aliphatic rings. The number of rotatable bonds is 6. The summed E-state index contributed by atoms with van der Waals surface area (Å²) in [7, 11) is 1.15. The number of carbonyl (C=O) groups is 1. The van der Waals surface area contributed by atoms with E-state index >= 15 is 0 Å². The van der Waals surface area contributed by atoms with Gasteiger partial charge in [-0.25, -0.2) is 4.79 Å². The van der Waals surface area contributed by atoms with Crippen LogP contribution in [-0.2, 0) is 10.2 Å². The number of thiocarbonyl (C=S) groups is 1. The highest BCUT2D eigenvalue weighted by atomic mass is 32.1. The summed E-state index contributed by atoms with van der Waals surface area (Å²) in [6.07, 6.45) is 0. The average molecular weight is 527 g/mol. The first-order valence-electron chi connectivity index (χ1n) is 10.8. The molecule has 0 unspecified atom stereocenters. The molecular formula is C25H26N4O5S2. The number of nitro benzene ring substituents is 1. The molecule has 1 aromatic heterocycles. The summed E-state index contributed by atoms with van der Waals surface area (Å²) in [6, 6.07) is 12.0. The van der Waals surface area contributed by atoms with E-state index in [1.807, 2.05) is 17.5 Å². The Hall–Kier alpha value is -3.83. The van der Waals surface area contributed by atoms with Crippen molar-refractivity contribution in [1.82, 2.24) is 5.43 Å². The van der Waals surface area contributed by atoms with Gasteiger partial charge in [-0.2, -0.15) is 5.10 Å². The van der Waals surface area contributed by atoms with Crippen molar-refractivity contribution in [2.75, 3.05) is 12.4 Å². The van der Waals surface area contributed by atoms with E-state index in [0.717, 1.165) is 17.6 Å². The molecule has 0 aliphatic heterocycles. The van der Waals surface area contributed by atoms with Crippen molar-refractivity contribution in [2.24, 2.45) is 5.10 Å². The Balaban J connectivity index is 1.72. The smallest absolute Gasteiger partial charge is 0.344 e. The van der Waals surface area contributed by atoms with Crippen LogP contribution in [0.1, 0.15) is 49.2 Å². The lowest BCUT2D eigenvalue weighted by molar-refractivity contribution is -0.385. The largest absolute Gasteiger partial charge is 0.506 e. The van der Waals surface area contributed by atoms with Crippen molar-refractivity contribution in [1.29, 1.82) is 0 Å². The third-order valence-electron chi connectivity index (χ3n) is 5.35. The minimum Gasteiger partial charge on any atom is -0.506 e. The molecule has 0 saturated heterocycles. The zero-order valence-electron chi connectivity index (χ0n) is 20.4. The van der Waals surface area contributed by atoms with Crippen LogP contribution in [0.5, 0.6) is 5.75 Å². The van der Waals surface area contributed by atoms with Gasteiger partial charge < -0.3 is 15.2 Å². The number of methoxy groups -OCH3 is 1. The van der Waals surface area contributed by atoms with Crippen LogP contribution in [0.4, 0.5) is 11.4 Å². The SMILES string of the molecule is COC(=O)c1ccc(NC(=S)N/N=C(/C)c2csc(-c3ccc(C(C)(C)C)cc3)c2O)cc1[N+](=O)[O-]. The maximum atomic E-state index is 11.7. The average Bonchev–Trinajstić information content (AvgIpc) is 3.22. The quantitative estimate of drug-likeness (QED) is 0.121. The minimum absolute atomic E-state index is 0.0386. The van der Waals surface area contributed by atoms with Gasteiger partial charge in [-0.3, -0.25) is 15.5 Å². The van der Waals surface area contributed by atoms with Crippen LogP contribution in [0.3, 0.4) is 0 Å². The van der Waals surface area contributed by atoms with Crippen LogP contribution >= 0.6 is 23.6 Å². The summed E-state index contributed by atoms with van der Waals surface area (Å²) >= 11 is 6.64. The first kappa shape index (κ1) is 26.8. The highest BCUT2D eigenvalue weighted by Gasteiger charge is 2.22. The van der Waals surface area contributed by atoms with Crippen LogP contribution in [0.2, 0.25) is 0 Å². The number of aromatic hydroxyl groups is 1. The fourth-order valence-electron chi connectivity index (χ4n) is 3.33. The second-order valence-corrected chi connectivity index (χ2v) is 10.2. The lowest BCUT2D eigenvalue weighted by atomic mass is 9.86. The summed E-state index contributed by atoms with van der Waals surface area (Å²) in [5.41, 5.74) is 5.58. The molecule has 3 N–H and O–H groups in total. The third-order valence-corrected chi connectivity index (χ3v) is 6.56. The summed E-state index contributed by atoms with van der Waals surface area (Å²) in [5.74, 6) is -0.686. The molecule has 0 spiro atoms. The predicted octanol–water partition coefficient (Wildman–Crippen LogP) is 5.82. The number of thiophene rings is 1. The van der Waals surface area contributed by atoms with Crippen molar-refractivity contribution in [2.45, 2.75) is 33.1 Å². The monoisotopic (exact) mass is 526 g/mol. The molecule has 0 bridgehead atoms. The highest BCUT2D eigenvalue weighted by Crippen LogP contribution is 2.39. The molecule has 0 atom stereocenters. The minimum atomic E-state index is -0.811. The third kappa shape index (κ3) is 6.04. The Morgan fingerprint density at radius 1 is 1.17 bits per heavy atom. The number of nitrogens with zero attached hydrogens (tertiary/aromatic N) is 2. The Kier molecular flexibility index (Phi) is 8.06. The molecule has 3 aromatic rings. The zero-order valence-corrected chi connectivity index (χ0v) is 22.0. The number of hydrogen-bond donors (Lipinski definition) is 3. The van der Waals surface area contributed by atoms with Crippen molar-refractivity contribution in [3.63, 3.8) is 0 Å². The number of nitro groups is 1. The maximum Gasteiger partial charge on any atom is 0.344 e. The molecule has 11 heteroatoms. The van der Waals surface area contributed by atoms with Crippen molar-refractivity contribution in [3.05, 3.63) is 74.6 Å². The fourth-order valence-corrected chi connectivity index (χ4v) is 4.51. The van der Waals surface area contributed by atoms with Gasteiger partial charge in [0.05, 0.1) is 28.2 Å². The van der Waals surface area contributed by atoms with Gasteiger partial charge in [-0.1, -0.05) is 45.0 Å². The van der Waals surface area contributed by atoms with Crippen LogP contribution in [-0.4, -0.2) is 33.9 Å². The Bertz CT molecular complexity index is 1340. The molecule has 188 valence electrons. The standard InChI is InChI=1S/C25H26N4O5S2/c1-14(19-13-36-22(21(19)30)15-6-8-16(9-7-15)25(2,3)4)27-28-24(35)26-17-10-11-18(23(31)34-5)20(12-17)29(32)33/h6-13,30H,1-5H3,(H2,26,28,35)/b27-14-. The van der Waals surface area contributed by atoms with E-state index in [1.54, 1.807) is 6.92 Å². The zero-order chi connectivity index (χ0) is 26.6. The summed E-state index contributed by atoms with van der Waals surface area (Å²) in [6.45, 7) is 8.16. The Morgan fingerprint density at radius 3 is 2.42 bits per heavy atom. The van der Waals surface area contributed by atoms with Crippen molar-refractivity contribution in [3.8, 4) is 16.2 Å². The molecule has 1 heterocycles. The van der Waals surface area contributed by atoms with Gasteiger partial charge in [-0.05, 0) is 47.8 Å². The van der Waals surface area contributed by atoms with Gasteiger partial charge in [0.15, 0.2) is 5.11 Å². The van der Waals surface area contributed by atoms with Gasteiger partial charge in [0, 0.05) is 17.1 Å². The van der Waals surface area contributed by atoms with Gasteiger partial charge in [0.1, 0.15) is 11.3 Å². The van der Waals surface area contributed by atoms with Crippen molar-refractivity contribution >= 4 is 51.7 Å². The number of nitrogens with one attached hydrogen (secondary N) is 2. The molecule has 9 nitrogen and oxygen atoms in total. The number of hydrogen-bond acceptors (Lipinski definition) is 8. The van der Waals surface area contributed by atoms with E-state index < -0.39 is 16.6 Å². The predicted molar refractivity (Wildman–Crippen MR) is 146 cm³/mol. The van der Waals surface area contributed by atoms with E-state index in [4.69, 9.17) is 12.2 Å². The summed E-state index contributed by atoms with van der Waals surface area (Å²) in [4.78, 5) is 23.1. The lowest BCUT2D eigenvalue weighted by Gasteiger charge is -2.19. The number of benzene rings is 2. The van der Waals surface area contributed by atoms with E-state index in [-0.39, 0.29) is 21.8 Å². The summed E-state index contributed by atoms with van der Waals surface area (Å²) in [5, 5.41) is 31.0. The molecule has 0 radical (unpaired) electrons. The molecule has 36 heavy (non-hydrogen) atoms. The molecule has 3 rings (SSSR count). The van der Waals surface area contributed by atoms with E-state index in [9.17, 15) is 20.0 Å². The maximum absolute atomic E-state index is 11.7. The molecule has 2 aromatic carbocycles. The van der Waals surface area contributed by atoms with Gasteiger partial charge in [0.2, 0.25) is 0 Å². The number of anilines is 1. The van der Waals surface area contributed by atoms with E-state index in [0.29, 0.717) is 17.0 Å². The Labute approximate surface area is 218 Å². The van der Waals surface area contributed by atoms with Gasteiger partial charge >= 0.3 is 5.97 Å². The Morgan fingerprint density at radius 2 is 1.83 bits per heavy atom. The normalized spacial score (nSPS) is 11.6. The van der Waals surface area contributed by atoms with E-state index in [2.05, 4.69) is 53.5 Å². The topological polar surface area (TPSA) is 126 Å². The molecule has 0 amide bonds. The summed E-state index contributed by atoms with van der Waals surface area (Å²) < 4.78 is 4.57. The highest BCUT2D eigenvalue weighted by molar-refractivity contribution is 7.80. The van der Waals surface area contributed by atoms with Gasteiger partial charge in [0.25, 0.3) is 5.69 Å². The van der Waals surface area contributed by atoms with Crippen molar-refractivity contribution < 1.29 is 19.6 Å². The number of carbonyl (C=O) groups excluding carboxylic acids is 1. The molecule has 0 saturated carbocycles. The number of hydrazone groups is 1. The second-order valence-electron chi connectivity index (χ2n) is 8.90.